The Bertz CT molecular complexity index is 617. The smallest absolute Gasteiger partial charge is 0.232 e. The number of hydrogen-bond acceptors (Lipinski definition) is 4. The Labute approximate surface area is 137 Å². The number of aryl methyl sites for hydroxylation is 1. The predicted octanol–water partition coefficient (Wildman–Crippen LogP) is 1.62. The summed E-state index contributed by atoms with van der Waals surface area (Å²) in [4.78, 5) is 17.5. The predicted molar refractivity (Wildman–Crippen MR) is 90.1 cm³/mol. The molecule has 2 aliphatic carbocycles. The number of aromatic nitrogens is 1. The van der Waals surface area contributed by atoms with Gasteiger partial charge in [0, 0.05) is 18.3 Å². The highest BCUT2D eigenvalue weighted by atomic mass is 16.2. The fourth-order valence-corrected chi connectivity index (χ4v) is 4.66. The van der Waals surface area contributed by atoms with Crippen LogP contribution in [0.25, 0.3) is 0 Å². The molecule has 5 nitrogen and oxygen atoms in total. The van der Waals surface area contributed by atoms with Gasteiger partial charge in [-0.15, -0.1) is 0 Å². The highest BCUT2D eigenvalue weighted by molar-refractivity contribution is 5.96. The molecule has 0 bridgehead atoms. The van der Waals surface area contributed by atoms with Crippen molar-refractivity contribution in [2.24, 2.45) is 17.1 Å². The summed E-state index contributed by atoms with van der Waals surface area (Å²) in [6.07, 6.45) is 9.19. The van der Waals surface area contributed by atoms with Crippen LogP contribution in [0.15, 0.2) is 12.3 Å². The molecule has 0 spiro atoms. The van der Waals surface area contributed by atoms with Crippen molar-refractivity contribution in [3.8, 4) is 0 Å². The molecule has 1 unspecified atom stereocenters. The third kappa shape index (κ3) is 2.66. The van der Waals surface area contributed by atoms with Gasteiger partial charge in [0.25, 0.3) is 0 Å². The Kier molecular flexibility index (Phi) is 3.85. The molecule has 1 saturated carbocycles. The number of nitrogens with one attached hydrogen (secondary N) is 2. The monoisotopic (exact) mass is 314 g/mol. The average molecular weight is 314 g/mol. The highest BCUT2D eigenvalue weighted by Crippen LogP contribution is 2.44. The molecule has 3 atom stereocenters. The van der Waals surface area contributed by atoms with Crippen LogP contribution in [0.1, 0.15) is 43.4 Å². The van der Waals surface area contributed by atoms with Crippen LogP contribution in [0.2, 0.25) is 0 Å². The lowest BCUT2D eigenvalue weighted by molar-refractivity contribution is -0.128. The molecule has 4 rings (SSSR count). The molecule has 1 aliphatic heterocycles. The molecule has 5 heteroatoms. The maximum absolute atomic E-state index is 13.0. The fraction of sp³-hybridized carbons (Fsp3) is 0.667. The highest BCUT2D eigenvalue weighted by Gasteiger charge is 2.49. The minimum absolute atomic E-state index is 0.175. The van der Waals surface area contributed by atoms with Crippen molar-refractivity contribution in [1.29, 1.82) is 0 Å². The topological polar surface area (TPSA) is 80.0 Å². The number of rotatable bonds is 2. The number of hydrogen-bond donors (Lipinski definition) is 3. The van der Waals surface area contributed by atoms with Gasteiger partial charge in [-0.3, -0.25) is 9.78 Å². The zero-order valence-corrected chi connectivity index (χ0v) is 13.6. The van der Waals surface area contributed by atoms with Crippen molar-refractivity contribution in [1.82, 2.24) is 10.3 Å². The first kappa shape index (κ1) is 15.1. The zero-order valence-electron chi connectivity index (χ0n) is 13.6. The molecule has 2 fully saturated rings. The molecule has 124 valence electrons. The maximum Gasteiger partial charge on any atom is 0.232 e. The molecular formula is C18H26N4O. The second kappa shape index (κ2) is 5.87. The summed E-state index contributed by atoms with van der Waals surface area (Å²) < 4.78 is 0. The van der Waals surface area contributed by atoms with Gasteiger partial charge in [-0.05, 0) is 56.2 Å². The first-order valence-electron chi connectivity index (χ1n) is 8.93. The van der Waals surface area contributed by atoms with Crippen LogP contribution in [0, 0.1) is 11.3 Å². The number of amides is 1. The van der Waals surface area contributed by atoms with Gasteiger partial charge < -0.3 is 16.4 Å². The van der Waals surface area contributed by atoms with Crippen LogP contribution in [-0.4, -0.2) is 30.0 Å². The van der Waals surface area contributed by atoms with E-state index in [1.54, 1.807) is 0 Å². The van der Waals surface area contributed by atoms with E-state index in [0.29, 0.717) is 5.92 Å². The molecule has 0 radical (unpaired) electrons. The summed E-state index contributed by atoms with van der Waals surface area (Å²) >= 11 is 0. The average Bonchev–Trinajstić information content (AvgIpc) is 2.99. The van der Waals surface area contributed by atoms with Gasteiger partial charge in [0.2, 0.25) is 5.91 Å². The molecule has 1 saturated heterocycles. The van der Waals surface area contributed by atoms with Gasteiger partial charge in [0.1, 0.15) is 0 Å². The van der Waals surface area contributed by atoms with E-state index in [1.165, 1.54) is 12.0 Å². The molecule has 1 amide bonds. The number of nitrogens with zero attached hydrogens (tertiary/aromatic N) is 1. The van der Waals surface area contributed by atoms with Gasteiger partial charge in [0.15, 0.2) is 0 Å². The minimum atomic E-state index is -0.218. The SMILES string of the molecule is NC1CCc2ncc(NC(=O)[C@@]34CCCC[C@H]3CNC4)cc2C1. The summed E-state index contributed by atoms with van der Waals surface area (Å²) in [6.45, 7) is 1.79. The van der Waals surface area contributed by atoms with Gasteiger partial charge in [0.05, 0.1) is 17.3 Å². The zero-order chi connectivity index (χ0) is 15.9. The number of carbonyl (C=O) groups excluding carboxylic acids is 1. The summed E-state index contributed by atoms with van der Waals surface area (Å²) in [5.41, 5.74) is 9.01. The van der Waals surface area contributed by atoms with E-state index in [0.717, 1.165) is 63.0 Å². The van der Waals surface area contributed by atoms with Crippen molar-refractivity contribution in [2.75, 3.05) is 18.4 Å². The lowest BCUT2D eigenvalue weighted by Gasteiger charge is -2.37. The quantitative estimate of drug-likeness (QED) is 0.775. The van der Waals surface area contributed by atoms with E-state index in [4.69, 9.17) is 5.73 Å². The number of anilines is 1. The Morgan fingerprint density at radius 3 is 3.22 bits per heavy atom. The van der Waals surface area contributed by atoms with Crippen LogP contribution < -0.4 is 16.4 Å². The Morgan fingerprint density at radius 2 is 2.30 bits per heavy atom. The molecule has 4 N–H and O–H groups in total. The minimum Gasteiger partial charge on any atom is -0.327 e. The molecule has 23 heavy (non-hydrogen) atoms. The lowest BCUT2D eigenvalue weighted by Crippen LogP contribution is -2.44. The molecule has 1 aromatic heterocycles. The number of fused-ring (bicyclic) bond motifs is 2. The molecular weight excluding hydrogens is 288 g/mol. The third-order valence-corrected chi connectivity index (χ3v) is 6.04. The van der Waals surface area contributed by atoms with E-state index < -0.39 is 0 Å². The Balaban J connectivity index is 1.53. The van der Waals surface area contributed by atoms with E-state index in [1.807, 2.05) is 6.20 Å². The summed E-state index contributed by atoms with van der Waals surface area (Å²) in [5, 5.41) is 6.59. The van der Waals surface area contributed by atoms with Gasteiger partial charge in [-0.2, -0.15) is 0 Å². The molecule has 2 heterocycles. The van der Waals surface area contributed by atoms with E-state index in [9.17, 15) is 4.79 Å². The van der Waals surface area contributed by atoms with E-state index in [2.05, 4.69) is 21.7 Å². The number of pyridine rings is 1. The summed E-state index contributed by atoms with van der Waals surface area (Å²) in [6, 6.07) is 2.30. The van der Waals surface area contributed by atoms with Gasteiger partial charge in [-0.1, -0.05) is 12.8 Å². The molecule has 3 aliphatic rings. The van der Waals surface area contributed by atoms with Crippen LogP contribution in [0.4, 0.5) is 5.69 Å². The number of nitrogens with two attached hydrogens (primary N) is 1. The molecule has 1 aromatic rings. The summed E-state index contributed by atoms with van der Waals surface area (Å²) in [7, 11) is 0. The summed E-state index contributed by atoms with van der Waals surface area (Å²) in [5.74, 6) is 0.657. The van der Waals surface area contributed by atoms with Crippen molar-refractivity contribution in [3.05, 3.63) is 23.5 Å². The van der Waals surface area contributed by atoms with E-state index in [-0.39, 0.29) is 17.4 Å². The van der Waals surface area contributed by atoms with Crippen LogP contribution in [0.5, 0.6) is 0 Å². The van der Waals surface area contributed by atoms with Crippen LogP contribution in [-0.2, 0) is 17.6 Å². The van der Waals surface area contributed by atoms with Crippen molar-refractivity contribution < 1.29 is 4.79 Å². The standard InChI is InChI=1S/C18H26N4O/c19-14-4-5-16-12(7-14)8-15(10-21-16)22-17(23)18-6-2-1-3-13(18)9-20-11-18/h8,10,13-14,20H,1-7,9,11,19H2,(H,22,23)/t13-,14?,18+/m0/s1. The number of carbonyl (C=O) groups is 1. The Hall–Kier alpha value is -1.46. The normalized spacial score (nSPS) is 32.9. The lowest BCUT2D eigenvalue weighted by atomic mass is 9.67. The molecule has 0 aromatic carbocycles. The van der Waals surface area contributed by atoms with Crippen molar-refractivity contribution in [3.63, 3.8) is 0 Å². The van der Waals surface area contributed by atoms with Gasteiger partial charge >= 0.3 is 0 Å². The maximum atomic E-state index is 13.0. The first-order valence-corrected chi connectivity index (χ1v) is 8.93. The second-order valence-electron chi connectivity index (χ2n) is 7.52. The van der Waals surface area contributed by atoms with E-state index >= 15 is 0 Å². The third-order valence-electron chi connectivity index (χ3n) is 6.04. The fourth-order valence-electron chi connectivity index (χ4n) is 4.66. The van der Waals surface area contributed by atoms with Crippen molar-refractivity contribution >= 4 is 11.6 Å². The van der Waals surface area contributed by atoms with Crippen molar-refractivity contribution in [2.45, 2.75) is 51.0 Å². The Morgan fingerprint density at radius 1 is 1.39 bits per heavy atom. The van der Waals surface area contributed by atoms with Gasteiger partial charge in [-0.25, -0.2) is 0 Å². The van der Waals surface area contributed by atoms with Crippen LogP contribution >= 0.6 is 0 Å². The van der Waals surface area contributed by atoms with Crippen LogP contribution in [0.3, 0.4) is 0 Å². The second-order valence-corrected chi connectivity index (χ2v) is 7.52. The largest absolute Gasteiger partial charge is 0.327 e. The first-order chi connectivity index (χ1) is 11.2.